The standard InChI is InChI=1S/C18H24O/c1-11-6-12(2)18(13(3)7-11)17(19)10-16-9-14-4-5-15(16)8-14/h6-7,14-16H,4-5,8-10H2,1-3H3. The molecule has 2 fully saturated rings. The summed E-state index contributed by atoms with van der Waals surface area (Å²) in [4.78, 5) is 12.6. The van der Waals surface area contributed by atoms with Crippen LogP contribution in [0.5, 0.6) is 0 Å². The molecule has 1 heteroatoms. The van der Waals surface area contributed by atoms with E-state index in [1.165, 1.54) is 31.2 Å². The summed E-state index contributed by atoms with van der Waals surface area (Å²) in [6.07, 6.45) is 6.27. The maximum atomic E-state index is 12.6. The molecule has 0 heterocycles. The number of rotatable bonds is 3. The van der Waals surface area contributed by atoms with Crippen LogP contribution in [0.25, 0.3) is 0 Å². The smallest absolute Gasteiger partial charge is 0.163 e. The largest absolute Gasteiger partial charge is 0.294 e. The summed E-state index contributed by atoms with van der Waals surface area (Å²) in [6, 6.07) is 4.28. The summed E-state index contributed by atoms with van der Waals surface area (Å²) in [5.74, 6) is 2.84. The molecule has 1 aromatic carbocycles. The van der Waals surface area contributed by atoms with Crippen LogP contribution in [0.1, 0.15) is 59.2 Å². The zero-order valence-corrected chi connectivity index (χ0v) is 12.3. The highest BCUT2D eigenvalue weighted by Gasteiger charge is 2.40. The molecule has 0 amide bonds. The van der Waals surface area contributed by atoms with Crippen LogP contribution in [0.4, 0.5) is 0 Å². The van der Waals surface area contributed by atoms with Crippen molar-refractivity contribution in [3.8, 4) is 0 Å². The summed E-state index contributed by atoms with van der Waals surface area (Å²) in [5.41, 5.74) is 4.57. The van der Waals surface area contributed by atoms with Crippen molar-refractivity contribution in [2.75, 3.05) is 0 Å². The third kappa shape index (κ3) is 2.35. The Labute approximate surface area is 116 Å². The molecule has 2 aliphatic rings. The molecule has 2 bridgehead atoms. The quantitative estimate of drug-likeness (QED) is 0.721. The van der Waals surface area contributed by atoms with E-state index in [1.807, 2.05) is 0 Å². The molecule has 102 valence electrons. The molecule has 2 aliphatic carbocycles. The lowest BCUT2D eigenvalue weighted by Gasteiger charge is -2.21. The molecule has 1 nitrogen and oxygen atoms in total. The number of aryl methyl sites for hydroxylation is 3. The SMILES string of the molecule is Cc1cc(C)c(C(=O)CC2CC3CCC2C3)c(C)c1. The van der Waals surface area contributed by atoms with Gasteiger partial charge in [-0.3, -0.25) is 4.79 Å². The van der Waals surface area contributed by atoms with Gasteiger partial charge in [0, 0.05) is 12.0 Å². The summed E-state index contributed by atoms with van der Waals surface area (Å²) in [6.45, 7) is 6.26. The molecule has 0 N–H and O–H groups in total. The minimum absolute atomic E-state index is 0.382. The lowest BCUT2D eigenvalue weighted by Crippen LogP contribution is -2.16. The first kappa shape index (κ1) is 12.9. The fourth-order valence-corrected chi connectivity index (χ4v) is 4.59. The molecule has 1 aromatic rings. The summed E-state index contributed by atoms with van der Waals surface area (Å²) in [7, 11) is 0. The van der Waals surface area contributed by atoms with Crippen molar-refractivity contribution in [1.29, 1.82) is 0 Å². The van der Waals surface area contributed by atoms with Crippen molar-refractivity contribution >= 4 is 5.78 Å². The first-order chi connectivity index (χ1) is 9.04. The third-order valence-corrected chi connectivity index (χ3v) is 5.29. The van der Waals surface area contributed by atoms with E-state index in [0.717, 1.165) is 34.9 Å². The monoisotopic (exact) mass is 256 g/mol. The normalized spacial score (nSPS) is 28.9. The molecule has 3 atom stereocenters. The minimum atomic E-state index is 0.382. The summed E-state index contributed by atoms with van der Waals surface area (Å²) < 4.78 is 0. The molecule has 19 heavy (non-hydrogen) atoms. The van der Waals surface area contributed by atoms with E-state index in [2.05, 4.69) is 32.9 Å². The van der Waals surface area contributed by atoms with E-state index in [1.54, 1.807) is 0 Å². The Morgan fingerprint density at radius 2 is 1.79 bits per heavy atom. The number of carbonyl (C=O) groups excluding carboxylic acids is 1. The topological polar surface area (TPSA) is 17.1 Å². The molecular formula is C18H24O. The number of ketones is 1. The molecule has 0 aromatic heterocycles. The molecular weight excluding hydrogens is 232 g/mol. The average molecular weight is 256 g/mol. The van der Waals surface area contributed by atoms with Gasteiger partial charge in [-0.25, -0.2) is 0 Å². The molecule has 0 spiro atoms. The molecule has 3 rings (SSSR count). The van der Waals surface area contributed by atoms with Crippen molar-refractivity contribution in [2.45, 2.75) is 52.9 Å². The second-order valence-electron chi connectivity index (χ2n) is 6.84. The minimum Gasteiger partial charge on any atom is -0.294 e. The van der Waals surface area contributed by atoms with Crippen LogP contribution in [0.15, 0.2) is 12.1 Å². The summed E-state index contributed by atoms with van der Waals surface area (Å²) >= 11 is 0. The zero-order chi connectivity index (χ0) is 13.6. The van der Waals surface area contributed by atoms with E-state index in [9.17, 15) is 4.79 Å². The fraction of sp³-hybridized carbons (Fsp3) is 0.611. The molecule has 3 unspecified atom stereocenters. The predicted molar refractivity (Wildman–Crippen MR) is 78.5 cm³/mol. The van der Waals surface area contributed by atoms with Gasteiger partial charge in [-0.2, -0.15) is 0 Å². The van der Waals surface area contributed by atoms with Gasteiger partial charge >= 0.3 is 0 Å². The first-order valence-electron chi connectivity index (χ1n) is 7.65. The Balaban J connectivity index is 1.77. The Hall–Kier alpha value is -1.11. The zero-order valence-electron chi connectivity index (χ0n) is 12.3. The third-order valence-electron chi connectivity index (χ3n) is 5.29. The van der Waals surface area contributed by atoms with E-state index in [0.29, 0.717) is 11.7 Å². The van der Waals surface area contributed by atoms with Crippen LogP contribution in [0.3, 0.4) is 0 Å². The van der Waals surface area contributed by atoms with Crippen LogP contribution < -0.4 is 0 Å². The highest BCUT2D eigenvalue weighted by molar-refractivity contribution is 5.99. The lowest BCUT2D eigenvalue weighted by molar-refractivity contribution is 0.0943. The fourth-order valence-electron chi connectivity index (χ4n) is 4.59. The van der Waals surface area contributed by atoms with Crippen molar-refractivity contribution in [3.63, 3.8) is 0 Å². The number of hydrogen-bond acceptors (Lipinski definition) is 1. The summed E-state index contributed by atoms with van der Waals surface area (Å²) in [5, 5.41) is 0. The van der Waals surface area contributed by atoms with Crippen LogP contribution in [-0.4, -0.2) is 5.78 Å². The van der Waals surface area contributed by atoms with Gasteiger partial charge in [-0.15, -0.1) is 0 Å². The van der Waals surface area contributed by atoms with Gasteiger partial charge in [0.15, 0.2) is 5.78 Å². The van der Waals surface area contributed by atoms with Crippen LogP contribution in [-0.2, 0) is 0 Å². The maximum absolute atomic E-state index is 12.6. The number of benzene rings is 1. The number of hydrogen-bond donors (Lipinski definition) is 0. The van der Waals surface area contributed by atoms with Gasteiger partial charge < -0.3 is 0 Å². The molecule has 0 radical (unpaired) electrons. The van der Waals surface area contributed by atoms with Crippen molar-refractivity contribution in [2.24, 2.45) is 17.8 Å². The maximum Gasteiger partial charge on any atom is 0.163 e. The highest BCUT2D eigenvalue weighted by atomic mass is 16.1. The highest BCUT2D eigenvalue weighted by Crippen LogP contribution is 2.49. The lowest BCUT2D eigenvalue weighted by atomic mass is 9.83. The van der Waals surface area contributed by atoms with E-state index >= 15 is 0 Å². The number of carbonyl (C=O) groups is 1. The predicted octanol–water partition coefficient (Wildman–Crippen LogP) is 4.62. The Bertz CT molecular complexity index is 491. The van der Waals surface area contributed by atoms with Gasteiger partial charge in [-0.1, -0.05) is 24.1 Å². The van der Waals surface area contributed by atoms with E-state index < -0.39 is 0 Å². The molecule has 0 saturated heterocycles. The second kappa shape index (κ2) is 4.77. The van der Waals surface area contributed by atoms with Crippen molar-refractivity contribution < 1.29 is 4.79 Å². The van der Waals surface area contributed by atoms with Gasteiger partial charge in [0.2, 0.25) is 0 Å². The second-order valence-corrected chi connectivity index (χ2v) is 6.84. The first-order valence-corrected chi connectivity index (χ1v) is 7.65. The van der Waals surface area contributed by atoms with Crippen molar-refractivity contribution in [3.05, 3.63) is 34.4 Å². The number of fused-ring (bicyclic) bond motifs is 2. The van der Waals surface area contributed by atoms with E-state index in [-0.39, 0.29) is 0 Å². The Morgan fingerprint density at radius 3 is 2.32 bits per heavy atom. The Kier molecular flexibility index (Phi) is 3.24. The molecule has 0 aliphatic heterocycles. The van der Waals surface area contributed by atoms with Gasteiger partial charge in [0.1, 0.15) is 0 Å². The Morgan fingerprint density at radius 1 is 1.11 bits per heavy atom. The average Bonchev–Trinajstić information content (AvgIpc) is 2.89. The molecule has 2 saturated carbocycles. The van der Waals surface area contributed by atoms with Crippen molar-refractivity contribution in [1.82, 2.24) is 0 Å². The number of Topliss-reactive ketones (excluding diaryl/α,β-unsaturated/α-hetero) is 1. The van der Waals surface area contributed by atoms with Crippen LogP contribution in [0.2, 0.25) is 0 Å². The van der Waals surface area contributed by atoms with Crippen LogP contribution >= 0.6 is 0 Å². The van der Waals surface area contributed by atoms with Gasteiger partial charge in [-0.05, 0) is 68.9 Å². The van der Waals surface area contributed by atoms with E-state index in [4.69, 9.17) is 0 Å². The van der Waals surface area contributed by atoms with Gasteiger partial charge in [0.05, 0.1) is 0 Å². The van der Waals surface area contributed by atoms with Gasteiger partial charge in [0.25, 0.3) is 0 Å². The van der Waals surface area contributed by atoms with Crippen LogP contribution in [0, 0.1) is 38.5 Å².